The third-order valence-corrected chi connectivity index (χ3v) is 3.44. The molecule has 0 saturated heterocycles. The van der Waals surface area contributed by atoms with Crippen LogP contribution in [0, 0.1) is 6.92 Å². The molecule has 4 nitrogen and oxygen atoms in total. The number of aryl methyl sites for hydroxylation is 1. The number of halogens is 1. The summed E-state index contributed by atoms with van der Waals surface area (Å²) < 4.78 is 29.9. The molecule has 0 heterocycles. The minimum Gasteiger partial charge on any atom is -0.495 e. The molecule has 0 fully saturated rings. The molecular weight excluding hydrogens is 238 g/mol. The second-order valence-corrected chi connectivity index (χ2v) is 5.34. The summed E-state index contributed by atoms with van der Waals surface area (Å²) in [5, 5.41) is -0.482. The molecule has 6 heteroatoms. The van der Waals surface area contributed by atoms with E-state index in [1.54, 1.807) is 12.1 Å². The molecule has 0 aromatic heterocycles. The number of nitrogens with one attached hydrogen (secondary N) is 1. The molecular formula is C9H12ClNO3S. The summed E-state index contributed by atoms with van der Waals surface area (Å²) in [6, 6.07) is 5.21. The molecule has 0 aliphatic carbocycles. The van der Waals surface area contributed by atoms with Crippen molar-refractivity contribution in [2.75, 3.05) is 17.0 Å². The third-order valence-electron chi connectivity index (χ3n) is 1.76. The van der Waals surface area contributed by atoms with Gasteiger partial charge in [-0.1, -0.05) is 6.07 Å². The van der Waals surface area contributed by atoms with Crippen LogP contribution in [0.2, 0.25) is 0 Å². The van der Waals surface area contributed by atoms with Crippen LogP contribution in [0.1, 0.15) is 5.56 Å². The quantitative estimate of drug-likeness (QED) is 0.830. The lowest BCUT2D eigenvalue weighted by Crippen LogP contribution is -2.14. The fraction of sp³-hybridized carbons (Fsp3) is 0.333. The summed E-state index contributed by atoms with van der Waals surface area (Å²) in [6.45, 7) is 1.86. The SMILES string of the molecule is COc1ccc(C)cc1NS(=O)(=O)CCl. The van der Waals surface area contributed by atoms with Gasteiger partial charge in [0, 0.05) is 0 Å². The van der Waals surface area contributed by atoms with Crippen molar-refractivity contribution in [1.82, 2.24) is 0 Å². The number of anilines is 1. The maximum Gasteiger partial charge on any atom is 0.246 e. The van der Waals surface area contributed by atoms with E-state index in [1.807, 2.05) is 13.0 Å². The van der Waals surface area contributed by atoms with Crippen LogP contribution in [0.15, 0.2) is 18.2 Å². The Morgan fingerprint density at radius 1 is 1.47 bits per heavy atom. The first-order chi connectivity index (χ1) is 6.98. The van der Waals surface area contributed by atoms with E-state index in [9.17, 15) is 8.42 Å². The van der Waals surface area contributed by atoms with Crippen LogP contribution in [-0.4, -0.2) is 20.7 Å². The third kappa shape index (κ3) is 3.28. The maximum atomic E-state index is 11.2. The zero-order valence-electron chi connectivity index (χ0n) is 8.45. The molecule has 0 aliphatic heterocycles. The Morgan fingerprint density at radius 2 is 2.13 bits per heavy atom. The molecule has 0 spiro atoms. The second-order valence-electron chi connectivity index (χ2n) is 3.03. The average Bonchev–Trinajstić information content (AvgIpc) is 2.18. The van der Waals surface area contributed by atoms with Crippen molar-refractivity contribution in [3.63, 3.8) is 0 Å². The summed E-state index contributed by atoms with van der Waals surface area (Å²) in [7, 11) is -2.01. The molecule has 0 unspecified atom stereocenters. The van der Waals surface area contributed by atoms with E-state index in [-0.39, 0.29) is 0 Å². The van der Waals surface area contributed by atoms with Crippen LogP contribution in [0.4, 0.5) is 5.69 Å². The lowest BCUT2D eigenvalue weighted by atomic mass is 10.2. The standard InChI is InChI=1S/C9H12ClNO3S/c1-7-3-4-9(14-2)8(5-7)11-15(12,13)6-10/h3-5,11H,6H2,1-2H3. The molecule has 15 heavy (non-hydrogen) atoms. The zero-order chi connectivity index (χ0) is 11.5. The molecule has 1 rings (SSSR count). The highest BCUT2D eigenvalue weighted by atomic mass is 35.5. The van der Waals surface area contributed by atoms with Crippen molar-refractivity contribution in [2.24, 2.45) is 0 Å². The van der Waals surface area contributed by atoms with Gasteiger partial charge in [0.1, 0.15) is 11.0 Å². The topological polar surface area (TPSA) is 55.4 Å². The van der Waals surface area contributed by atoms with E-state index in [1.165, 1.54) is 7.11 Å². The Balaban J connectivity index is 3.08. The number of hydrogen-bond acceptors (Lipinski definition) is 3. The number of methoxy groups -OCH3 is 1. The number of hydrogen-bond donors (Lipinski definition) is 1. The number of benzene rings is 1. The molecule has 0 atom stereocenters. The molecule has 84 valence electrons. The highest BCUT2D eigenvalue weighted by Gasteiger charge is 2.11. The molecule has 0 amide bonds. The Hall–Kier alpha value is -0.940. The number of alkyl halides is 1. The fourth-order valence-corrected chi connectivity index (χ4v) is 1.81. The van der Waals surface area contributed by atoms with Gasteiger partial charge in [-0.25, -0.2) is 8.42 Å². The van der Waals surface area contributed by atoms with Gasteiger partial charge in [-0.15, -0.1) is 11.6 Å². The molecule has 0 aliphatic rings. The van der Waals surface area contributed by atoms with E-state index >= 15 is 0 Å². The lowest BCUT2D eigenvalue weighted by molar-refractivity contribution is 0.417. The van der Waals surface area contributed by atoms with Gasteiger partial charge in [-0.2, -0.15) is 0 Å². The van der Waals surface area contributed by atoms with Crippen LogP contribution in [-0.2, 0) is 10.0 Å². The Labute approximate surface area is 94.3 Å². The molecule has 0 saturated carbocycles. The van der Waals surface area contributed by atoms with Gasteiger partial charge in [0.15, 0.2) is 0 Å². The van der Waals surface area contributed by atoms with Crippen LogP contribution >= 0.6 is 11.6 Å². The van der Waals surface area contributed by atoms with Crippen LogP contribution in [0.5, 0.6) is 5.75 Å². The van der Waals surface area contributed by atoms with Crippen LogP contribution in [0.25, 0.3) is 0 Å². The van der Waals surface area contributed by atoms with Crippen LogP contribution in [0.3, 0.4) is 0 Å². The minimum atomic E-state index is -3.49. The summed E-state index contributed by atoms with van der Waals surface area (Å²) in [5.41, 5.74) is 1.33. The normalized spacial score (nSPS) is 11.1. The lowest BCUT2D eigenvalue weighted by Gasteiger charge is -2.10. The van der Waals surface area contributed by atoms with E-state index in [0.29, 0.717) is 11.4 Å². The second kappa shape index (κ2) is 4.72. The summed E-state index contributed by atoms with van der Waals surface area (Å²) in [5.74, 6) is 0.467. The smallest absolute Gasteiger partial charge is 0.246 e. The highest BCUT2D eigenvalue weighted by Crippen LogP contribution is 2.26. The van der Waals surface area contributed by atoms with Crippen molar-refractivity contribution in [1.29, 1.82) is 0 Å². The predicted octanol–water partition coefficient (Wildman–Crippen LogP) is 1.94. The largest absolute Gasteiger partial charge is 0.495 e. The van der Waals surface area contributed by atoms with Gasteiger partial charge >= 0.3 is 0 Å². The van der Waals surface area contributed by atoms with E-state index in [4.69, 9.17) is 16.3 Å². The van der Waals surface area contributed by atoms with Gasteiger partial charge in [-0.05, 0) is 24.6 Å². The molecule has 1 N–H and O–H groups in total. The Kier molecular flexibility index (Phi) is 3.82. The highest BCUT2D eigenvalue weighted by molar-refractivity contribution is 7.93. The number of rotatable bonds is 4. The van der Waals surface area contributed by atoms with Crippen molar-refractivity contribution in [3.8, 4) is 5.75 Å². The fourth-order valence-electron chi connectivity index (χ4n) is 1.10. The maximum absolute atomic E-state index is 11.2. The van der Waals surface area contributed by atoms with Crippen LogP contribution < -0.4 is 9.46 Å². The first-order valence-electron chi connectivity index (χ1n) is 4.19. The van der Waals surface area contributed by atoms with Gasteiger partial charge in [0.2, 0.25) is 10.0 Å². The van der Waals surface area contributed by atoms with Gasteiger partial charge in [0.25, 0.3) is 0 Å². The summed E-state index contributed by atoms with van der Waals surface area (Å²) in [4.78, 5) is 0. The van der Waals surface area contributed by atoms with Gasteiger partial charge in [-0.3, -0.25) is 4.72 Å². The molecule has 0 radical (unpaired) electrons. The first-order valence-corrected chi connectivity index (χ1v) is 6.38. The van der Waals surface area contributed by atoms with Gasteiger partial charge < -0.3 is 4.74 Å². The monoisotopic (exact) mass is 249 g/mol. The van der Waals surface area contributed by atoms with Crippen molar-refractivity contribution >= 4 is 27.3 Å². The molecule has 1 aromatic rings. The van der Waals surface area contributed by atoms with E-state index < -0.39 is 15.2 Å². The summed E-state index contributed by atoms with van der Waals surface area (Å²) >= 11 is 5.29. The average molecular weight is 250 g/mol. The molecule has 0 bridgehead atoms. The van der Waals surface area contributed by atoms with Crippen molar-refractivity contribution in [3.05, 3.63) is 23.8 Å². The summed E-state index contributed by atoms with van der Waals surface area (Å²) in [6.07, 6.45) is 0. The minimum absolute atomic E-state index is 0.401. The Morgan fingerprint density at radius 3 is 2.67 bits per heavy atom. The Bertz CT molecular complexity index is 445. The first kappa shape index (κ1) is 12.1. The number of ether oxygens (including phenoxy) is 1. The van der Waals surface area contributed by atoms with Crippen molar-refractivity contribution < 1.29 is 13.2 Å². The van der Waals surface area contributed by atoms with E-state index in [2.05, 4.69) is 4.72 Å². The predicted molar refractivity (Wildman–Crippen MR) is 61.0 cm³/mol. The van der Waals surface area contributed by atoms with Crippen molar-refractivity contribution in [2.45, 2.75) is 6.92 Å². The van der Waals surface area contributed by atoms with E-state index in [0.717, 1.165) is 5.56 Å². The van der Waals surface area contributed by atoms with Gasteiger partial charge in [0.05, 0.1) is 12.8 Å². The zero-order valence-corrected chi connectivity index (χ0v) is 10.0. The molecule has 1 aromatic carbocycles. The number of sulfonamides is 1.